The predicted molar refractivity (Wildman–Crippen MR) is 34.4 cm³/mol. The molecule has 3 N–H and O–H groups in total. The first-order valence-corrected chi connectivity index (χ1v) is 3.07. The molecule has 3 atom stereocenters. The van der Waals surface area contributed by atoms with E-state index in [1.807, 2.05) is 0 Å². The average Bonchev–Trinajstić information content (AvgIpc) is 1.87. The lowest BCUT2D eigenvalue weighted by molar-refractivity contribution is -0.113. The van der Waals surface area contributed by atoms with E-state index in [2.05, 4.69) is 0 Å². The van der Waals surface area contributed by atoms with Crippen LogP contribution in [0.15, 0.2) is 0 Å². The quantitative estimate of drug-likeness (QED) is 0.432. The monoisotopic (exact) mass is 148 g/mol. The van der Waals surface area contributed by atoms with Gasteiger partial charge in [0, 0.05) is 6.42 Å². The van der Waals surface area contributed by atoms with E-state index in [1.165, 1.54) is 6.92 Å². The van der Waals surface area contributed by atoms with Crippen molar-refractivity contribution in [3.05, 3.63) is 0 Å². The maximum absolute atomic E-state index is 9.79. The summed E-state index contributed by atoms with van der Waals surface area (Å²) in [4.78, 5) is 9.79. The van der Waals surface area contributed by atoms with E-state index in [9.17, 15) is 4.79 Å². The van der Waals surface area contributed by atoms with Crippen LogP contribution in [-0.2, 0) is 4.79 Å². The van der Waals surface area contributed by atoms with Gasteiger partial charge >= 0.3 is 0 Å². The molecule has 4 nitrogen and oxygen atoms in total. The van der Waals surface area contributed by atoms with E-state index in [4.69, 9.17) is 15.3 Å². The van der Waals surface area contributed by atoms with Crippen molar-refractivity contribution in [2.24, 2.45) is 0 Å². The molecule has 0 aromatic carbocycles. The second-order valence-corrected chi connectivity index (χ2v) is 2.20. The smallest absolute Gasteiger partial charge is 0.122 e. The molecule has 0 aliphatic carbocycles. The van der Waals surface area contributed by atoms with Crippen LogP contribution in [-0.4, -0.2) is 39.9 Å². The number of aldehydes is 1. The Balaban J connectivity index is 3.68. The third-order valence-corrected chi connectivity index (χ3v) is 1.23. The largest absolute Gasteiger partial charge is 0.391 e. The van der Waals surface area contributed by atoms with Crippen LogP contribution in [0.3, 0.4) is 0 Å². The van der Waals surface area contributed by atoms with Crippen molar-refractivity contribution in [2.75, 3.05) is 0 Å². The lowest BCUT2D eigenvalue weighted by Crippen LogP contribution is -2.35. The van der Waals surface area contributed by atoms with Gasteiger partial charge in [-0.3, -0.25) is 0 Å². The Morgan fingerprint density at radius 1 is 1.40 bits per heavy atom. The molecule has 10 heavy (non-hydrogen) atoms. The summed E-state index contributed by atoms with van der Waals surface area (Å²) in [5.74, 6) is 0. The average molecular weight is 148 g/mol. The highest BCUT2D eigenvalue weighted by Crippen LogP contribution is 2.01. The lowest BCUT2D eigenvalue weighted by Gasteiger charge is -2.17. The predicted octanol–water partition coefficient (Wildman–Crippen LogP) is -1.32. The van der Waals surface area contributed by atoms with Crippen LogP contribution < -0.4 is 0 Å². The van der Waals surface area contributed by atoms with E-state index in [-0.39, 0.29) is 6.42 Å². The van der Waals surface area contributed by atoms with Gasteiger partial charge in [0.1, 0.15) is 12.4 Å². The molecule has 0 rings (SSSR count). The normalized spacial score (nSPS) is 19.6. The fraction of sp³-hybridized carbons (Fsp3) is 0.833. The van der Waals surface area contributed by atoms with E-state index in [0.717, 1.165) is 0 Å². The molecule has 0 radical (unpaired) electrons. The molecule has 0 spiro atoms. The van der Waals surface area contributed by atoms with Gasteiger partial charge in [0.15, 0.2) is 0 Å². The van der Waals surface area contributed by atoms with E-state index in [0.29, 0.717) is 6.29 Å². The van der Waals surface area contributed by atoms with E-state index < -0.39 is 18.3 Å². The van der Waals surface area contributed by atoms with Crippen LogP contribution >= 0.6 is 0 Å². The van der Waals surface area contributed by atoms with Gasteiger partial charge in [0.25, 0.3) is 0 Å². The fourth-order valence-electron chi connectivity index (χ4n) is 0.560. The van der Waals surface area contributed by atoms with Crippen LogP contribution in [0.25, 0.3) is 0 Å². The van der Waals surface area contributed by atoms with Crippen LogP contribution in [0.4, 0.5) is 0 Å². The molecule has 0 bridgehead atoms. The Bertz CT molecular complexity index is 102. The first-order valence-electron chi connectivity index (χ1n) is 3.07. The maximum Gasteiger partial charge on any atom is 0.122 e. The molecule has 0 saturated heterocycles. The summed E-state index contributed by atoms with van der Waals surface area (Å²) < 4.78 is 0. The van der Waals surface area contributed by atoms with Crippen LogP contribution in [0.5, 0.6) is 0 Å². The van der Waals surface area contributed by atoms with E-state index >= 15 is 0 Å². The van der Waals surface area contributed by atoms with Crippen molar-refractivity contribution in [1.29, 1.82) is 0 Å². The van der Waals surface area contributed by atoms with Crippen molar-refractivity contribution in [2.45, 2.75) is 31.7 Å². The molecule has 0 aliphatic rings. The summed E-state index contributed by atoms with van der Waals surface area (Å²) in [5, 5.41) is 26.4. The molecule has 0 aromatic heterocycles. The van der Waals surface area contributed by atoms with Gasteiger partial charge in [-0.25, -0.2) is 0 Å². The lowest BCUT2D eigenvalue weighted by atomic mass is 10.1. The fourth-order valence-corrected chi connectivity index (χ4v) is 0.560. The second kappa shape index (κ2) is 4.38. The highest BCUT2D eigenvalue weighted by Gasteiger charge is 2.19. The Labute approximate surface area is 59.1 Å². The topological polar surface area (TPSA) is 77.8 Å². The van der Waals surface area contributed by atoms with Gasteiger partial charge in [-0.05, 0) is 6.92 Å². The summed E-state index contributed by atoms with van der Waals surface area (Å²) in [5.41, 5.74) is 0. The van der Waals surface area contributed by atoms with Gasteiger partial charge < -0.3 is 20.1 Å². The number of carbonyl (C=O) groups excluding carboxylic acids is 1. The molecule has 0 heterocycles. The van der Waals surface area contributed by atoms with Gasteiger partial charge in [-0.2, -0.15) is 0 Å². The second-order valence-electron chi connectivity index (χ2n) is 2.20. The zero-order valence-electron chi connectivity index (χ0n) is 5.77. The number of hydrogen-bond donors (Lipinski definition) is 3. The number of hydrogen-bond acceptors (Lipinski definition) is 4. The number of rotatable bonds is 4. The molecule has 60 valence electrons. The van der Waals surface area contributed by atoms with Crippen LogP contribution in [0, 0.1) is 0 Å². The number of carbonyl (C=O) groups is 1. The minimum atomic E-state index is -1.23. The summed E-state index contributed by atoms with van der Waals surface area (Å²) in [7, 11) is 0. The van der Waals surface area contributed by atoms with Gasteiger partial charge in [-0.1, -0.05) is 0 Å². The van der Waals surface area contributed by atoms with Crippen molar-refractivity contribution in [3.63, 3.8) is 0 Å². The molecule has 0 amide bonds. The van der Waals surface area contributed by atoms with Gasteiger partial charge in [0.2, 0.25) is 0 Å². The van der Waals surface area contributed by atoms with Gasteiger partial charge in [0.05, 0.1) is 12.2 Å². The molecular weight excluding hydrogens is 136 g/mol. The summed E-state index contributed by atoms with van der Waals surface area (Å²) in [6.07, 6.45) is -3.04. The minimum absolute atomic E-state index is 0.147. The highest BCUT2D eigenvalue weighted by molar-refractivity contribution is 5.50. The van der Waals surface area contributed by atoms with Crippen molar-refractivity contribution < 1.29 is 20.1 Å². The van der Waals surface area contributed by atoms with Crippen molar-refractivity contribution in [3.8, 4) is 0 Å². The Morgan fingerprint density at radius 2 is 1.90 bits per heavy atom. The molecule has 0 unspecified atom stereocenters. The maximum atomic E-state index is 9.79. The minimum Gasteiger partial charge on any atom is -0.391 e. The highest BCUT2D eigenvalue weighted by atomic mass is 16.4. The molecule has 0 aromatic rings. The van der Waals surface area contributed by atoms with Crippen molar-refractivity contribution in [1.82, 2.24) is 0 Å². The SMILES string of the molecule is C[C@H](O)[C@@H](O)[C@H](O)CC=O. The zero-order chi connectivity index (χ0) is 8.15. The van der Waals surface area contributed by atoms with Crippen LogP contribution in [0.2, 0.25) is 0 Å². The number of aliphatic hydroxyl groups is 3. The Hall–Kier alpha value is -0.450. The number of aliphatic hydroxyl groups excluding tert-OH is 3. The zero-order valence-corrected chi connectivity index (χ0v) is 5.77. The Kier molecular flexibility index (Phi) is 4.18. The van der Waals surface area contributed by atoms with Gasteiger partial charge in [-0.15, -0.1) is 0 Å². The standard InChI is InChI=1S/C6H12O4/c1-4(8)6(10)5(9)2-3-7/h3-6,8-10H,2H2,1H3/t4-,5+,6+/m0/s1. The van der Waals surface area contributed by atoms with Crippen LogP contribution in [0.1, 0.15) is 13.3 Å². The first kappa shape index (κ1) is 9.55. The molecule has 4 heteroatoms. The molecular formula is C6H12O4. The van der Waals surface area contributed by atoms with Crippen molar-refractivity contribution >= 4 is 6.29 Å². The summed E-state index contributed by atoms with van der Waals surface area (Å²) in [6.45, 7) is 1.35. The summed E-state index contributed by atoms with van der Waals surface area (Å²) in [6, 6.07) is 0. The molecule has 0 saturated carbocycles. The molecule has 0 aliphatic heterocycles. The third-order valence-electron chi connectivity index (χ3n) is 1.23. The first-order chi connectivity index (χ1) is 4.59. The summed E-state index contributed by atoms with van der Waals surface area (Å²) >= 11 is 0. The Morgan fingerprint density at radius 3 is 2.20 bits per heavy atom. The molecule has 0 fully saturated rings. The third kappa shape index (κ3) is 2.91. The van der Waals surface area contributed by atoms with E-state index in [1.54, 1.807) is 0 Å².